The fraction of sp³-hybridized carbons (Fsp3) is 0.381. The summed E-state index contributed by atoms with van der Waals surface area (Å²) in [7, 11) is 0. The molecule has 0 aromatic heterocycles. The summed E-state index contributed by atoms with van der Waals surface area (Å²) in [6.07, 6.45) is -0.242. The van der Waals surface area contributed by atoms with Crippen molar-refractivity contribution in [1.29, 1.82) is 0 Å². The van der Waals surface area contributed by atoms with Crippen molar-refractivity contribution in [3.8, 4) is 0 Å². The van der Waals surface area contributed by atoms with Gasteiger partial charge in [0.1, 0.15) is 5.60 Å². The minimum atomic E-state index is -0.474. The number of anilines is 1. The molecule has 3 rings (SSSR count). The lowest BCUT2D eigenvalue weighted by Crippen LogP contribution is -2.37. The molecule has 1 aliphatic heterocycles. The molecule has 0 saturated heterocycles. The molecule has 0 fully saturated rings. The lowest BCUT2D eigenvalue weighted by molar-refractivity contribution is 0.0247. The number of hydrogen-bond donors (Lipinski definition) is 1. The van der Waals surface area contributed by atoms with Gasteiger partial charge in [0.05, 0.1) is 6.54 Å². The lowest BCUT2D eigenvalue weighted by atomic mass is 10.1. The highest BCUT2D eigenvalue weighted by Crippen LogP contribution is 2.30. The second kappa shape index (κ2) is 8.04. The van der Waals surface area contributed by atoms with Crippen LogP contribution in [0.2, 0.25) is 0 Å². The normalized spacial score (nSPS) is 14.3. The van der Waals surface area contributed by atoms with Crippen molar-refractivity contribution in [3.05, 3.63) is 59.7 Å². The van der Waals surface area contributed by atoms with Crippen molar-refractivity contribution in [2.24, 2.45) is 0 Å². The molecule has 0 atom stereocenters. The average molecular weight is 371 g/mol. The first-order valence-corrected chi connectivity index (χ1v) is 9.91. The van der Waals surface area contributed by atoms with E-state index >= 15 is 0 Å². The third kappa shape index (κ3) is 5.18. The van der Waals surface area contributed by atoms with Gasteiger partial charge in [0, 0.05) is 29.4 Å². The van der Waals surface area contributed by atoms with E-state index in [1.54, 1.807) is 16.7 Å². The van der Waals surface area contributed by atoms with Crippen LogP contribution in [-0.2, 0) is 17.8 Å². The Labute approximate surface area is 159 Å². The molecule has 26 heavy (non-hydrogen) atoms. The molecular formula is C21H26N2O2S. The number of fused-ring (bicyclic) bond motifs is 1. The molecule has 2 aromatic carbocycles. The number of ether oxygens (including phenoxy) is 1. The van der Waals surface area contributed by atoms with E-state index in [0.717, 1.165) is 23.5 Å². The topological polar surface area (TPSA) is 41.6 Å². The third-order valence-corrected chi connectivity index (χ3v) is 5.13. The van der Waals surface area contributed by atoms with Crippen molar-refractivity contribution in [1.82, 2.24) is 4.90 Å². The number of thioether (sulfide) groups is 1. The van der Waals surface area contributed by atoms with Crippen LogP contribution in [0.25, 0.3) is 0 Å². The maximum atomic E-state index is 12.5. The van der Waals surface area contributed by atoms with Crippen molar-refractivity contribution in [2.45, 2.75) is 44.4 Å². The fourth-order valence-electron chi connectivity index (χ4n) is 2.79. The molecular weight excluding hydrogens is 344 g/mol. The van der Waals surface area contributed by atoms with Crippen LogP contribution in [0.5, 0.6) is 0 Å². The summed E-state index contributed by atoms with van der Waals surface area (Å²) in [6, 6.07) is 16.7. The summed E-state index contributed by atoms with van der Waals surface area (Å²) in [4.78, 5) is 15.5. The molecule has 1 amide bonds. The molecule has 2 aromatic rings. The van der Waals surface area contributed by atoms with Crippen molar-refractivity contribution < 1.29 is 9.53 Å². The molecule has 0 unspecified atom stereocenters. The number of benzene rings is 2. The highest BCUT2D eigenvalue weighted by Gasteiger charge is 2.24. The van der Waals surface area contributed by atoms with E-state index in [9.17, 15) is 4.79 Å². The molecule has 4 nitrogen and oxygen atoms in total. The van der Waals surface area contributed by atoms with E-state index in [0.29, 0.717) is 13.1 Å². The highest BCUT2D eigenvalue weighted by atomic mass is 32.2. The van der Waals surface area contributed by atoms with E-state index in [2.05, 4.69) is 35.6 Å². The van der Waals surface area contributed by atoms with E-state index in [4.69, 9.17) is 4.74 Å². The zero-order chi connectivity index (χ0) is 18.6. The van der Waals surface area contributed by atoms with Gasteiger partial charge < -0.3 is 15.0 Å². The molecule has 0 saturated carbocycles. The van der Waals surface area contributed by atoms with Crippen molar-refractivity contribution in [3.63, 3.8) is 0 Å². The van der Waals surface area contributed by atoms with Crippen molar-refractivity contribution >= 4 is 23.5 Å². The first kappa shape index (κ1) is 18.6. The van der Waals surface area contributed by atoms with E-state index < -0.39 is 5.60 Å². The standard InChI is InChI=1S/C21H26N2O2S/c1-21(2,3)25-20(24)23-11-12-26-19-10-9-18(13-17(19)15-23)22-14-16-7-5-4-6-8-16/h4-10,13,22H,11-12,14-15H2,1-3H3. The van der Waals surface area contributed by atoms with E-state index in [-0.39, 0.29) is 6.09 Å². The minimum Gasteiger partial charge on any atom is -0.444 e. The summed E-state index contributed by atoms with van der Waals surface area (Å²) >= 11 is 1.79. The Bertz CT molecular complexity index is 756. The monoisotopic (exact) mass is 370 g/mol. The molecule has 138 valence electrons. The quantitative estimate of drug-likeness (QED) is 0.812. The van der Waals surface area contributed by atoms with Crippen LogP contribution in [0.1, 0.15) is 31.9 Å². The van der Waals surface area contributed by atoms with Gasteiger partial charge in [-0.2, -0.15) is 0 Å². The molecule has 1 heterocycles. The highest BCUT2D eigenvalue weighted by molar-refractivity contribution is 7.99. The maximum Gasteiger partial charge on any atom is 0.410 e. The number of carbonyl (C=O) groups is 1. The van der Waals surface area contributed by atoms with Gasteiger partial charge in [-0.25, -0.2) is 4.79 Å². The predicted molar refractivity (Wildman–Crippen MR) is 108 cm³/mol. The van der Waals surface area contributed by atoms with Crippen LogP contribution in [-0.4, -0.2) is 28.9 Å². The Morgan fingerprint density at radius 3 is 2.69 bits per heavy atom. The SMILES string of the molecule is CC(C)(C)OC(=O)N1CCSc2ccc(NCc3ccccc3)cc2C1. The van der Waals surface area contributed by atoms with E-state index in [1.165, 1.54) is 10.5 Å². The zero-order valence-electron chi connectivity index (χ0n) is 15.6. The van der Waals surface area contributed by atoms with Crippen LogP contribution < -0.4 is 5.32 Å². The molecule has 0 bridgehead atoms. The minimum absolute atomic E-state index is 0.242. The Morgan fingerprint density at radius 1 is 1.19 bits per heavy atom. The summed E-state index contributed by atoms with van der Waals surface area (Å²) in [6.45, 7) is 7.76. The van der Waals surface area contributed by atoms with Crippen LogP contribution in [0.15, 0.2) is 53.4 Å². The largest absolute Gasteiger partial charge is 0.444 e. The smallest absolute Gasteiger partial charge is 0.410 e. The molecule has 1 N–H and O–H groups in total. The molecule has 0 aliphatic carbocycles. The molecule has 1 aliphatic rings. The van der Waals surface area contributed by atoms with Gasteiger partial charge in [0.2, 0.25) is 0 Å². The van der Waals surface area contributed by atoms with Gasteiger partial charge in [0.25, 0.3) is 0 Å². The van der Waals surface area contributed by atoms with Gasteiger partial charge in [-0.05, 0) is 50.1 Å². The summed E-state index contributed by atoms with van der Waals surface area (Å²) in [5.41, 5.74) is 3.00. The van der Waals surface area contributed by atoms with Gasteiger partial charge in [0.15, 0.2) is 0 Å². The van der Waals surface area contributed by atoms with Crippen molar-refractivity contribution in [2.75, 3.05) is 17.6 Å². The zero-order valence-corrected chi connectivity index (χ0v) is 16.4. The Morgan fingerprint density at radius 2 is 1.96 bits per heavy atom. The van der Waals surface area contributed by atoms with Crippen LogP contribution >= 0.6 is 11.8 Å². The lowest BCUT2D eigenvalue weighted by Gasteiger charge is -2.26. The number of hydrogen-bond acceptors (Lipinski definition) is 4. The van der Waals surface area contributed by atoms with Gasteiger partial charge in [-0.1, -0.05) is 30.3 Å². The van der Waals surface area contributed by atoms with Gasteiger partial charge >= 0.3 is 6.09 Å². The number of nitrogens with zero attached hydrogens (tertiary/aromatic N) is 1. The predicted octanol–water partition coefficient (Wildman–Crippen LogP) is 5.14. The van der Waals surface area contributed by atoms with Gasteiger partial charge in [-0.3, -0.25) is 0 Å². The summed E-state index contributed by atoms with van der Waals surface area (Å²) < 4.78 is 5.55. The van der Waals surface area contributed by atoms with Crippen LogP contribution in [0.4, 0.5) is 10.5 Å². The second-order valence-electron chi connectivity index (χ2n) is 7.41. The number of amides is 1. The van der Waals surface area contributed by atoms with Crippen LogP contribution in [0, 0.1) is 0 Å². The van der Waals surface area contributed by atoms with Crippen LogP contribution in [0.3, 0.4) is 0 Å². The Hall–Kier alpha value is -2.14. The molecule has 5 heteroatoms. The number of rotatable bonds is 3. The molecule has 0 radical (unpaired) electrons. The third-order valence-electron chi connectivity index (χ3n) is 4.03. The maximum absolute atomic E-state index is 12.5. The van der Waals surface area contributed by atoms with E-state index in [1.807, 2.05) is 39.0 Å². The Kier molecular flexibility index (Phi) is 5.77. The Balaban J connectivity index is 1.70. The summed E-state index contributed by atoms with van der Waals surface area (Å²) in [5.74, 6) is 0.878. The summed E-state index contributed by atoms with van der Waals surface area (Å²) in [5, 5.41) is 3.47. The molecule has 0 spiro atoms. The first-order chi connectivity index (χ1) is 12.4. The first-order valence-electron chi connectivity index (χ1n) is 8.92. The fourth-order valence-corrected chi connectivity index (χ4v) is 3.79. The second-order valence-corrected chi connectivity index (χ2v) is 8.55. The number of nitrogens with one attached hydrogen (secondary N) is 1. The number of carbonyl (C=O) groups excluding carboxylic acids is 1. The average Bonchev–Trinajstić information content (AvgIpc) is 2.81. The van der Waals surface area contributed by atoms with Gasteiger partial charge in [-0.15, -0.1) is 11.8 Å².